The fourth-order valence-corrected chi connectivity index (χ4v) is 5.21. The van der Waals surface area contributed by atoms with Gasteiger partial charge in [-0.3, -0.25) is 19.7 Å². The van der Waals surface area contributed by atoms with E-state index in [0.29, 0.717) is 12.2 Å². The van der Waals surface area contributed by atoms with Crippen LogP contribution in [-0.2, 0) is 11.3 Å². The van der Waals surface area contributed by atoms with Crippen LogP contribution in [0.15, 0.2) is 71.9 Å². The Bertz CT molecular complexity index is 1280. The summed E-state index contributed by atoms with van der Waals surface area (Å²) in [5.74, 6) is 1.10. The largest absolute Gasteiger partial charge is 0.294 e. The maximum absolute atomic E-state index is 13.4. The average Bonchev–Trinajstić information content (AvgIpc) is 3.48. The molecule has 2 heterocycles. The summed E-state index contributed by atoms with van der Waals surface area (Å²) in [6.45, 7) is 10.3. The Morgan fingerprint density at radius 1 is 1.03 bits per heavy atom. The summed E-state index contributed by atoms with van der Waals surface area (Å²) in [5.41, 5.74) is 4.78. The third-order valence-electron chi connectivity index (χ3n) is 7.15. The molecule has 1 saturated carbocycles. The Morgan fingerprint density at radius 2 is 1.83 bits per heavy atom. The summed E-state index contributed by atoms with van der Waals surface area (Å²) >= 11 is 0. The topological polar surface area (TPSA) is 49.9 Å². The van der Waals surface area contributed by atoms with Crippen molar-refractivity contribution in [1.82, 2.24) is 9.88 Å². The standard InChI is InChI=1S/C30H30N4O/c1-3-4-12-28-33-30(17-8-9-18-30)29(35)34(28)21-22-13-15-27(32-20-22)25-19-24(14-16-26(25)31-2)23-10-6-5-7-11-23/h5-7,10-11,13-16,19-20H,3-4,8-9,12,17-18,21H2,1H3. The second-order valence-corrected chi connectivity index (χ2v) is 9.52. The smallest absolute Gasteiger partial charge is 0.256 e. The van der Waals surface area contributed by atoms with E-state index in [1.807, 2.05) is 59.6 Å². The van der Waals surface area contributed by atoms with Crippen molar-refractivity contribution in [3.05, 3.63) is 83.8 Å². The van der Waals surface area contributed by atoms with E-state index in [9.17, 15) is 4.79 Å². The number of aromatic nitrogens is 1. The van der Waals surface area contributed by atoms with E-state index in [-0.39, 0.29) is 5.91 Å². The van der Waals surface area contributed by atoms with Crippen molar-refractivity contribution in [1.29, 1.82) is 0 Å². The summed E-state index contributed by atoms with van der Waals surface area (Å²) in [5, 5.41) is 0. The number of carbonyl (C=O) groups is 1. The van der Waals surface area contributed by atoms with Gasteiger partial charge in [-0.15, -0.1) is 0 Å². The van der Waals surface area contributed by atoms with Gasteiger partial charge >= 0.3 is 0 Å². The van der Waals surface area contributed by atoms with Gasteiger partial charge in [0.2, 0.25) is 0 Å². The molecule has 3 aromatic rings. The van der Waals surface area contributed by atoms with Gasteiger partial charge in [0.25, 0.3) is 5.91 Å². The number of carbonyl (C=O) groups excluding carboxylic acids is 1. The second kappa shape index (κ2) is 9.84. The summed E-state index contributed by atoms with van der Waals surface area (Å²) in [4.78, 5) is 28.7. The number of unbranched alkanes of at least 4 members (excludes halogenated alkanes) is 1. The molecule has 1 spiro atoms. The third-order valence-corrected chi connectivity index (χ3v) is 7.15. The minimum absolute atomic E-state index is 0.163. The zero-order valence-corrected chi connectivity index (χ0v) is 20.2. The molecule has 2 aliphatic rings. The minimum Gasteiger partial charge on any atom is -0.294 e. The van der Waals surface area contributed by atoms with Gasteiger partial charge in [-0.05, 0) is 42.0 Å². The Kier molecular flexibility index (Phi) is 6.46. The predicted molar refractivity (Wildman–Crippen MR) is 140 cm³/mol. The first-order valence-corrected chi connectivity index (χ1v) is 12.6. The van der Waals surface area contributed by atoms with E-state index < -0.39 is 5.54 Å². The molecule has 1 aliphatic heterocycles. The number of nitrogens with zero attached hydrogens (tertiary/aromatic N) is 4. The number of amides is 1. The first kappa shape index (κ1) is 23.0. The van der Waals surface area contributed by atoms with E-state index >= 15 is 0 Å². The van der Waals surface area contributed by atoms with Gasteiger partial charge in [-0.1, -0.05) is 80.8 Å². The lowest BCUT2D eigenvalue weighted by Gasteiger charge is -2.22. The highest BCUT2D eigenvalue weighted by Gasteiger charge is 2.49. The van der Waals surface area contributed by atoms with E-state index in [1.165, 1.54) is 0 Å². The zero-order valence-electron chi connectivity index (χ0n) is 20.2. The molecule has 5 heteroatoms. The summed E-state index contributed by atoms with van der Waals surface area (Å²) in [6, 6.07) is 20.0. The molecule has 0 N–H and O–H groups in total. The lowest BCUT2D eigenvalue weighted by atomic mass is 9.98. The maximum atomic E-state index is 13.4. The van der Waals surface area contributed by atoms with Crippen molar-refractivity contribution in [2.24, 2.45) is 4.99 Å². The lowest BCUT2D eigenvalue weighted by molar-refractivity contribution is -0.131. The molecule has 0 saturated heterocycles. The van der Waals surface area contributed by atoms with Crippen molar-refractivity contribution >= 4 is 17.4 Å². The molecule has 1 aromatic heterocycles. The van der Waals surface area contributed by atoms with Gasteiger partial charge in [0.15, 0.2) is 5.69 Å². The molecule has 0 unspecified atom stereocenters. The van der Waals surface area contributed by atoms with Crippen LogP contribution in [0.25, 0.3) is 27.2 Å². The number of benzene rings is 2. The van der Waals surface area contributed by atoms with Crippen LogP contribution in [0.2, 0.25) is 0 Å². The summed E-state index contributed by atoms with van der Waals surface area (Å²) in [7, 11) is 0. The molecule has 5 nitrogen and oxygen atoms in total. The van der Waals surface area contributed by atoms with Crippen LogP contribution >= 0.6 is 0 Å². The molecular weight excluding hydrogens is 432 g/mol. The molecule has 1 fully saturated rings. The third kappa shape index (κ3) is 4.49. The monoisotopic (exact) mass is 462 g/mol. The fraction of sp³-hybridized carbons (Fsp3) is 0.333. The second-order valence-electron chi connectivity index (χ2n) is 9.52. The zero-order chi connectivity index (χ0) is 24.3. The van der Waals surface area contributed by atoms with Crippen LogP contribution in [0.4, 0.5) is 5.69 Å². The van der Waals surface area contributed by atoms with Crippen LogP contribution < -0.4 is 0 Å². The highest BCUT2D eigenvalue weighted by atomic mass is 16.2. The van der Waals surface area contributed by atoms with Crippen LogP contribution in [0.1, 0.15) is 57.4 Å². The van der Waals surface area contributed by atoms with E-state index in [4.69, 9.17) is 16.5 Å². The van der Waals surface area contributed by atoms with Crippen molar-refractivity contribution in [2.45, 2.75) is 64.0 Å². The number of rotatable bonds is 7. The Hall–Kier alpha value is -3.78. The van der Waals surface area contributed by atoms with Gasteiger partial charge in [0.05, 0.1) is 18.8 Å². The molecule has 5 rings (SSSR count). The molecule has 0 atom stereocenters. The highest BCUT2D eigenvalue weighted by Crippen LogP contribution is 2.40. The number of pyridine rings is 1. The van der Waals surface area contributed by atoms with Crippen molar-refractivity contribution in [2.75, 3.05) is 0 Å². The predicted octanol–water partition coefficient (Wildman–Crippen LogP) is 7.21. The van der Waals surface area contributed by atoms with Crippen LogP contribution in [0, 0.1) is 6.57 Å². The molecule has 0 bridgehead atoms. The van der Waals surface area contributed by atoms with Gasteiger partial charge in [0, 0.05) is 18.2 Å². The van der Waals surface area contributed by atoms with Crippen LogP contribution in [0.5, 0.6) is 0 Å². The highest BCUT2D eigenvalue weighted by molar-refractivity contribution is 6.08. The fourth-order valence-electron chi connectivity index (χ4n) is 5.21. The van der Waals surface area contributed by atoms with E-state index in [0.717, 1.165) is 78.7 Å². The van der Waals surface area contributed by atoms with E-state index in [2.05, 4.69) is 23.9 Å². The van der Waals surface area contributed by atoms with Crippen LogP contribution in [0.3, 0.4) is 0 Å². The number of amidine groups is 1. The molecule has 0 radical (unpaired) electrons. The van der Waals surface area contributed by atoms with Crippen LogP contribution in [-0.4, -0.2) is 27.2 Å². The van der Waals surface area contributed by atoms with Crippen molar-refractivity contribution in [3.63, 3.8) is 0 Å². The number of hydrogen-bond donors (Lipinski definition) is 0. The molecular formula is C30H30N4O. The molecule has 1 amide bonds. The Balaban J connectivity index is 1.40. The van der Waals surface area contributed by atoms with Gasteiger partial charge in [-0.25, -0.2) is 4.85 Å². The van der Waals surface area contributed by atoms with E-state index in [1.54, 1.807) is 0 Å². The SMILES string of the molecule is [C-]#[N+]c1ccc(-c2ccccc2)cc1-c1ccc(CN2C(=O)C3(CCCC3)N=C2CCCC)cn1. The Labute approximate surface area is 207 Å². The molecule has 1 aliphatic carbocycles. The Morgan fingerprint density at radius 3 is 2.51 bits per heavy atom. The van der Waals surface area contributed by atoms with Crippen molar-refractivity contribution in [3.8, 4) is 22.4 Å². The summed E-state index contributed by atoms with van der Waals surface area (Å²) < 4.78 is 0. The quantitative estimate of drug-likeness (QED) is 0.348. The minimum atomic E-state index is -0.515. The number of aliphatic imine (C=N–C) groups is 1. The average molecular weight is 463 g/mol. The lowest BCUT2D eigenvalue weighted by Crippen LogP contribution is -2.40. The van der Waals surface area contributed by atoms with Gasteiger partial charge in [-0.2, -0.15) is 0 Å². The van der Waals surface area contributed by atoms with Crippen molar-refractivity contribution < 1.29 is 4.79 Å². The summed E-state index contributed by atoms with van der Waals surface area (Å²) in [6.07, 6.45) is 8.68. The number of hydrogen-bond acceptors (Lipinski definition) is 3. The first-order chi connectivity index (χ1) is 17.1. The first-order valence-electron chi connectivity index (χ1n) is 12.6. The maximum Gasteiger partial charge on any atom is 0.256 e. The molecule has 176 valence electrons. The van der Waals surface area contributed by atoms with Gasteiger partial charge < -0.3 is 0 Å². The molecule has 2 aromatic carbocycles. The molecule has 35 heavy (non-hydrogen) atoms. The van der Waals surface area contributed by atoms with Gasteiger partial charge in [0.1, 0.15) is 11.4 Å². The normalized spacial score (nSPS) is 16.5.